The zero-order valence-corrected chi connectivity index (χ0v) is 24.2. The van der Waals surface area contributed by atoms with Crippen LogP contribution in [0.2, 0.25) is 0 Å². The molecule has 8 heteroatoms. The molecule has 0 heterocycles. The molecule has 4 aromatic rings. The van der Waals surface area contributed by atoms with Gasteiger partial charge in [-0.2, -0.15) is 0 Å². The Balaban J connectivity index is 1.66. The van der Waals surface area contributed by atoms with Gasteiger partial charge in [0, 0.05) is 37.3 Å². The van der Waals surface area contributed by atoms with E-state index in [9.17, 15) is 24.6 Å². The van der Waals surface area contributed by atoms with Crippen molar-refractivity contribution in [2.75, 3.05) is 33.4 Å². The number of ether oxygens (including phenoxy) is 1. The average Bonchev–Trinajstić information content (AvgIpc) is 3.04. The predicted octanol–water partition coefficient (Wildman–Crippen LogP) is 5.16. The fraction of sp³-hybridized carbons (Fsp3) is 0.229. The van der Waals surface area contributed by atoms with E-state index >= 15 is 0 Å². The average molecular weight is 581 g/mol. The van der Waals surface area contributed by atoms with Crippen molar-refractivity contribution in [1.82, 2.24) is 9.80 Å². The normalized spacial score (nSPS) is 10.7. The molecule has 2 amide bonds. The molecule has 4 rings (SSSR count). The van der Waals surface area contributed by atoms with Crippen molar-refractivity contribution in [2.24, 2.45) is 0 Å². The maximum Gasteiger partial charge on any atom is 0.305 e. The highest BCUT2D eigenvalue weighted by atomic mass is 16.5. The molecule has 0 aromatic heterocycles. The molecule has 0 aliphatic carbocycles. The second-order valence-electron chi connectivity index (χ2n) is 10.1. The molecule has 0 spiro atoms. The molecule has 0 aliphatic heterocycles. The van der Waals surface area contributed by atoms with Gasteiger partial charge in [0.25, 0.3) is 11.8 Å². The third-order valence-electron chi connectivity index (χ3n) is 7.17. The van der Waals surface area contributed by atoms with Crippen LogP contribution in [0.1, 0.15) is 38.3 Å². The molecule has 2 N–H and O–H groups in total. The van der Waals surface area contributed by atoms with Crippen LogP contribution in [0.15, 0.2) is 103 Å². The van der Waals surface area contributed by atoms with E-state index in [4.69, 9.17) is 4.74 Å². The summed E-state index contributed by atoms with van der Waals surface area (Å²) in [7, 11) is 1.59. The maximum absolute atomic E-state index is 14.0. The molecule has 0 bridgehead atoms. The van der Waals surface area contributed by atoms with Gasteiger partial charge in [-0.15, -0.1) is 0 Å². The SMILES string of the molecule is COc1cccc(CCN(CCC(=O)O)C(=O)c2ccccc2-c2ccccc2C(=O)N(CCO)Cc2ccccc2)c1. The number of methoxy groups -OCH3 is 1. The molecule has 0 radical (unpaired) electrons. The lowest BCUT2D eigenvalue weighted by Crippen LogP contribution is -2.35. The lowest BCUT2D eigenvalue weighted by molar-refractivity contribution is -0.137. The van der Waals surface area contributed by atoms with Gasteiger partial charge in [-0.1, -0.05) is 78.9 Å². The van der Waals surface area contributed by atoms with Crippen LogP contribution < -0.4 is 4.74 Å². The number of carboxylic acids is 1. The number of carboxylic acid groups (broad SMARTS) is 1. The smallest absolute Gasteiger partial charge is 0.305 e. The first-order chi connectivity index (χ1) is 20.9. The standard InChI is InChI=1S/C35H36N2O6/c1-43-28-13-9-12-26(24-28)18-20-36(21-19-33(39)40)34(41)31-16-7-5-14-29(31)30-15-6-8-17-32(30)35(42)37(22-23-38)25-27-10-3-2-4-11-27/h2-17,24,38H,18-23,25H2,1H3,(H,39,40). The van der Waals surface area contributed by atoms with Crippen molar-refractivity contribution in [1.29, 1.82) is 0 Å². The van der Waals surface area contributed by atoms with E-state index in [0.29, 0.717) is 47.5 Å². The molecular formula is C35H36N2O6. The molecule has 43 heavy (non-hydrogen) atoms. The summed E-state index contributed by atoms with van der Waals surface area (Å²) in [5.74, 6) is -0.879. The molecular weight excluding hydrogens is 544 g/mol. The molecule has 0 aliphatic rings. The van der Waals surface area contributed by atoms with Crippen molar-refractivity contribution in [2.45, 2.75) is 19.4 Å². The van der Waals surface area contributed by atoms with Crippen LogP contribution in [0.3, 0.4) is 0 Å². The first-order valence-electron chi connectivity index (χ1n) is 14.2. The number of aliphatic hydroxyl groups excluding tert-OH is 1. The third kappa shape index (κ3) is 8.30. The Hall–Kier alpha value is -4.95. The molecule has 4 aromatic carbocycles. The lowest BCUT2D eigenvalue weighted by Gasteiger charge is -2.25. The zero-order valence-electron chi connectivity index (χ0n) is 24.2. The maximum atomic E-state index is 14.0. The van der Waals surface area contributed by atoms with E-state index in [1.807, 2.05) is 60.7 Å². The van der Waals surface area contributed by atoms with Gasteiger partial charge in [0.15, 0.2) is 0 Å². The van der Waals surface area contributed by atoms with Crippen LogP contribution in [-0.2, 0) is 17.8 Å². The van der Waals surface area contributed by atoms with Crippen LogP contribution in [0.4, 0.5) is 0 Å². The molecule has 0 saturated heterocycles. The van der Waals surface area contributed by atoms with Gasteiger partial charge in [-0.05, 0) is 52.9 Å². The summed E-state index contributed by atoms with van der Waals surface area (Å²) < 4.78 is 5.31. The quantitative estimate of drug-likeness (QED) is 0.214. The Bertz CT molecular complexity index is 1540. The number of amides is 2. The van der Waals surface area contributed by atoms with E-state index in [1.54, 1.807) is 59.4 Å². The minimum absolute atomic E-state index is 0.0361. The molecule has 0 fully saturated rings. The Kier molecular flexibility index (Phi) is 11.0. The fourth-order valence-electron chi connectivity index (χ4n) is 4.96. The van der Waals surface area contributed by atoms with Crippen LogP contribution in [-0.4, -0.2) is 71.1 Å². The first-order valence-corrected chi connectivity index (χ1v) is 14.2. The summed E-state index contributed by atoms with van der Waals surface area (Å²) >= 11 is 0. The number of rotatable bonds is 14. The van der Waals surface area contributed by atoms with Crippen LogP contribution in [0.5, 0.6) is 5.75 Å². The fourth-order valence-corrected chi connectivity index (χ4v) is 4.96. The number of hydrogen-bond acceptors (Lipinski definition) is 5. The van der Waals surface area contributed by atoms with Gasteiger partial charge in [-0.3, -0.25) is 14.4 Å². The van der Waals surface area contributed by atoms with E-state index in [0.717, 1.165) is 11.1 Å². The summed E-state index contributed by atoms with van der Waals surface area (Å²) in [5.41, 5.74) is 3.82. The molecule has 222 valence electrons. The highest BCUT2D eigenvalue weighted by Crippen LogP contribution is 2.30. The van der Waals surface area contributed by atoms with Crippen LogP contribution >= 0.6 is 0 Å². The summed E-state index contributed by atoms with van der Waals surface area (Å²) in [5, 5.41) is 19.1. The van der Waals surface area contributed by atoms with Gasteiger partial charge in [-0.25, -0.2) is 0 Å². The van der Waals surface area contributed by atoms with E-state index in [1.165, 1.54) is 0 Å². The van der Waals surface area contributed by atoms with E-state index in [2.05, 4.69) is 0 Å². The van der Waals surface area contributed by atoms with Crippen molar-refractivity contribution in [3.63, 3.8) is 0 Å². The van der Waals surface area contributed by atoms with Gasteiger partial charge < -0.3 is 24.7 Å². The Labute approximate surface area is 251 Å². The predicted molar refractivity (Wildman–Crippen MR) is 165 cm³/mol. The number of carbonyl (C=O) groups is 3. The minimum atomic E-state index is -0.995. The lowest BCUT2D eigenvalue weighted by atomic mass is 9.93. The summed E-state index contributed by atoms with van der Waals surface area (Å²) in [6.45, 7) is 0.615. The highest BCUT2D eigenvalue weighted by molar-refractivity contribution is 6.06. The second kappa shape index (κ2) is 15.3. The van der Waals surface area contributed by atoms with Crippen molar-refractivity contribution < 1.29 is 29.3 Å². The third-order valence-corrected chi connectivity index (χ3v) is 7.17. The molecule has 8 nitrogen and oxygen atoms in total. The highest BCUT2D eigenvalue weighted by Gasteiger charge is 2.24. The number of aliphatic carboxylic acids is 1. The van der Waals surface area contributed by atoms with Crippen LogP contribution in [0.25, 0.3) is 11.1 Å². The minimum Gasteiger partial charge on any atom is -0.497 e. The van der Waals surface area contributed by atoms with Gasteiger partial charge in [0.2, 0.25) is 0 Å². The zero-order chi connectivity index (χ0) is 30.6. The Morgan fingerprint density at radius 2 is 1.26 bits per heavy atom. The summed E-state index contributed by atoms with van der Waals surface area (Å²) in [6, 6.07) is 31.3. The van der Waals surface area contributed by atoms with E-state index < -0.39 is 5.97 Å². The number of nitrogens with zero attached hydrogens (tertiary/aromatic N) is 2. The number of benzene rings is 4. The number of carbonyl (C=O) groups excluding carboxylic acids is 2. The summed E-state index contributed by atoms with van der Waals surface area (Å²) in [6.07, 6.45) is 0.312. The van der Waals surface area contributed by atoms with Gasteiger partial charge >= 0.3 is 5.97 Å². The molecule has 0 saturated carbocycles. The molecule has 0 unspecified atom stereocenters. The van der Waals surface area contributed by atoms with Crippen LogP contribution in [0, 0.1) is 0 Å². The number of aliphatic hydroxyl groups is 1. The van der Waals surface area contributed by atoms with Gasteiger partial charge in [0.1, 0.15) is 5.75 Å². The van der Waals surface area contributed by atoms with Crippen molar-refractivity contribution in [3.8, 4) is 16.9 Å². The van der Waals surface area contributed by atoms with Crippen molar-refractivity contribution in [3.05, 3.63) is 125 Å². The Morgan fingerprint density at radius 1 is 0.674 bits per heavy atom. The number of hydrogen-bond donors (Lipinski definition) is 2. The second-order valence-corrected chi connectivity index (χ2v) is 10.1. The topological polar surface area (TPSA) is 107 Å². The van der Waals surface area contributed by atoms with Gasteiger partial charge in [0.05, 0.1) is 20.1 Å². The monoisotopic (exact) mass is 580 g/mol. The molecule has 0 atom stereocenters. The first kappa shape index (κ1) is 31.0. The van der Waals surface area contributed by atoms with E-state index in [-0.39, 0.29) is 37.9 Å². The largest absolute Gasteiger partial charge is 0.497 e. The Morgan fingerprint density at radius 3 is 1.86 bits per heavy atom. The van der Waals surface area contributed by atoms with Crippen molar-refractivity contribution >= 4 is 17.8 Å². The summed E-state index contributed by atoms with van der Waals surface area (Å²) in [4.78, 5) is 42.5.